The zero-order valence-corrected chi connectivity index (χ0v) is 28.3. The van der Waals surface area contributed by atoms with Gasteiger partial charge in [-0.05, 0) is 76.1 Å². The lowest BCUT2D eigenvalue weighted by Crippen LogP contribution is -2.55. The quantitative estimate of drug-likeness (QED) is 0.246. The molecule has 0 aliphatic heterocycles. The van der Waals surface area contributed by atoms with Crippen LogP contribution >= 0.6 is 23.2 Å². The maximum absolute atomic E-state index is 14.3. The number of rotatable bonds is 12. The highest BCUT2D eigenvalue weighted by atomic mass is 35.5. The van der Waals surface area contributed by atoms with Crippen molar-refractivity contribution in [1.82, 2.24) is 10.2 Å². The molecule has 12 heteroatoms. The molecule has 1 atom stereocenters. The molecule has 0 saturated carbocycles. The smallest absolute Gasteiger partial charge is 0.264 e. The van der Waals surface area contributed by atoms with E-state index in [1.54, 1.807) is 49.4 Å². The van der Waals surface area contributed by atoms with Crippen LogP contribution < -0.4 is 19.1 Å². The van der Waals surface area contributed by atoms with Crippen molar-refractivity contribution in [2.45, 2.75) is 64.1 Å². The van der Waals surface area contributed by atoms with Crippen LogP contribution in [0.1, 0.15) is 45.2 Å². The van der Waals surface area contributed by atoms with E-state index < -0.39 is 34.1 Å². The van der Waals surface area contributed by atoms with Gasteiger partial charge in [0.05, 0.1) is 34.8 Å². The molecule has 1 N–H and O–H groups in total. The van der Waals surface area contributed by atoms with Crippen molar-refractivity contribution in [2.75, 3.05) is 25.1 Å². The number of benzene rings is 3. The fourth-order valence-corrected chi connectivity index (χ4v) is 6.30. The second kappa shape index (κ2) is 14.5. The topological polar surface area (TPSA) is 105 Å². The molecule has 0 bridgehead atoms. The molecule has 0 aliphatic carbocycles. The Hall–Kier alpha value is -3.47. The Bertz CT molecular complexity index is 1590. The lowest BCUT2D eigenvalue weighted by atomic mass is 10.1. The Labute approximate surface area is 270 Å². The Balaban J connectivity index is 2.12. The minimum Gasteiger partial charge on any atom is -0.493 e. The van der Waals surface area contributed by atoms with Crippen molar-refractivity contribution in [3.05, 3.63) is 81.8 Å². The zero-order chi connectivity index (χ0) is 32.8. The van der Waals surface area contributed by atoms with E-state index in [0.29, 0.717) is 21.4 Å². The lowest BCUT2D eigenvalue weighted by Gasteiger charge is -2.35. The minimum atomic E-state index is -4.31. The number of nitrogens with zero attached hydrogens (tertiary/aromatic N) is 2. The standard InChI is InChI=1S/C32H39Cl2N3O6S/c1-8-27(31(39)35-32(3,4)5)36(19-22-11-15-25(33)26(34)17-22)30(38)20-37(23-12-9-21(2)10-13-23)44(40,41)24-14-16-28(42-6)29(18-24)43-7/h9-18,27H,8,19-20H2,1-7H3,(H,35,39)/t27-/m1/s1. The monoisotopic (exact) mass is 663 g/mol. The third-order valence-electron chi connectivity index (χ3n) is 6.76. The van der Waals surface area contributed by atoms with Crippen LogP contribution in [0.3, 0.4) is 0 Å². The normalized spacial score (nSPS) is 12.3. The summed E-state index contributed by atoms with van der Waals surface area (Å²) in [5.41, 5.74) is 1.25. The van der Waals surface area contributed by atoms with E-state index in [-0.39, 0.29) is 35.2 Å². The molecule has 0 aliphatic rings. The number of hydrogen-bond donors (Lipinski definition) is 1. The van der Waals surface area contributed by atoms with Crippen molar-refractivity contribution in [1.29, 1.82) is 0 Å². The summed E-state index contributed by atoms with van der Waals surface area (Å²) >= 11 is 12.4. The average Bonchev–Trinajstić information content (AvgIpc) is 2.96. The molecule has 3 aromatic rings. The van der Waals surface area contributed by atoms with Gasteiger partial charge < -0.3 is 19.7 Å². The van der Waals surface area contributed by atoms with E-state index in [1.165, 1.54) is 37.3 Å². The molecule has 0 radical (unpaired) electrons. The average molecular weight is 665 g/mol. The molecule has 0 aromatic heterocycles. The van der Waals surface area contributed by atoms with Gasteiger partial charge in [-0.15, -0.1) is 0 Å². The molecule has 44 heavy (non-hydrogen) atoms. The predicted molar refractivity (Wildman–Crippen MR) is 174 cm³/mol. The van der Waals surface area contributed by atoms with E-state index >= 15 is 0 Å². The number of hydrogen-bond acceptors (Lipinski definition) is 6. The van der Waals surface area contributed by atoms with Crippen LogP contribution in [0.5, 0.6) is 11.5 Å². The lowest BCUT2D eigenvalue weighted by molar-refractivity contribution is -0.141. The molecule has 0 heterocycles. The van der Waals surface area contributed by atoms with E-state index in [0.717, 1.165) is 9.87 Å². The second-order valence-electron chi connectivity index (χ2n) is 11.3. The highest BCUT2D eigenvalue weighted by molar-refractivity contribution is 7.92. The summed E-state index contributed by atoms with van der Waals surface area (Å²) in [5, 5.41) is 3.58. The van der Waals surface area contributed by atoms with Gasteiger partial charge in [-0.25, -0.2) is 8.42 Å². The summed E-state index contributed by atoms with van der Waals surface area (Å²) in [5.74, 6) is -0.377. The molecule has 0 unspecified atom stereocenters. The summed E-state index contributed by atoms with van der Waals surface area (Å²) in [7, 11) is -1.45. The first-order valence-electron chi connectivity index (χ1n) is 14.0. The molecule has 0 spiro atoms. The van der Waals surface area contributed by atoms with Gasteiger partial charge in [-0.2, -0.15) is 0 Å². The van der Waals surface area contributed by atoms with Gasteiger partial charge in [0.25, 0.3) is 10.0 Å². The zero-order valence-electron chi connectivity index (χ0n) is 26.0. The Morgan fingerprint density at radius 1 is 0.909 bits per heavy atom. The van der Waals surface area contributed by atoms with E-state index in [4.69, 9.17) is 32.7 Å². The fraction of sp³-hybridized carbons (Fsp3) is 0.375. The van der Waals surface area contributed by atoms with Gasteiger partial charge >= 0.3 is 0 Å². The van der Waals surface area contributed by atoms with Gasteiger partial charge in [0, 0.05) is 18.2 Å². The molecule has 2 amide bonds. The maximum Gasteiger partial charge on any atom is 0.264 e. The minimum absolute atomic E-state index is 0.00998. The van der Waals surface area contributed by atoms with Crippen LogP contribution in [0.15, 0.2) is 65.6 Å². The summed E-state index contributed by atoms with van der Waals surface area (Å²) < 4.78 is 40.0. The van der Waals surface area contributed by atoms with E-state index in [2.05, 4.69) is 5.32 Å². The molecule has 0 fully saturated rings. The highest BCUT2D eigenvalue weighted by Gasteiger charge is 2.35. The van der Waals surface area contributed by atoms with Crippen LogP contribution in [-0.2, 0) is 26.2 Å². The van der Waals surface area contributed by atoms with Crippen LogP contribution in [0.4, 0.5) is 5.69 Å². The summed E-state index contributed by atoms with van der Waals surface area (Å²) in [4.78, 5) is 29.0. The number of sulfonamides is 1. The molecule has 3 aromatic carbocycles. The SMILES string of the molecule is CC[C@H](C(=O)NC(C)(C)C)N(Cc1ccc(Cl)c(Cl)c1)C(=O)CN(c1ccc(C)cc1)S(=O)(=O)c1ccc(OC)c(OC)c1. The number of aryl methyl sites for hydroxylation is 1. The van der Waals surface area contributed by atoms with Crippen molar-refractivity contribution < 1.29 is 27.5 Å². The predicted octanol–water partition coefficient (Wildman–Crippen LogP) is 6.24. The summed E-state index contributed by atoms with van der Waals surface area (Å²) in [6.07, 6.45) is 0.280. The van der Waals surface area contributed by atoms with Crippen LogP contribution in [0.2, 0.25) is 10.0 Å². The Morgan fingerprint density at radius 2 is 1.55 bits per heavy atom. The van der Waals surface area contributed by atoms with E-state index in [1.807, 2.05) is 27.7 Å². The number of methoxy groups -OCH3 is 2. The van der Waals surface area contributed by atoms with E-state index in [9.17, 15) is 18.0 Å². The number of amides is 2. The number of carbonyl (C=O) groups is 2. The number of nitrogens with one attached hydrogen (secondary N) is 1. The largest absolute Gasteiger partial charge is 0.493 e. The van der Waals surface area contributed by atoms with Gasteiger partial charge in [-0.1, -0.05) is 53.9 Å². The fourth-order valence-electron chi connectivity index (χ4n) is 4.55. The molecule has 3 rings (SSSR count). The molecular formula is C32H39Cl2N3O6S. The van der Waals surface area contributed by atoms with Gasteiger partial charge in [-0.3, -0.25) is 13.9 Å². The third kappa shape index (κ3) is 8.58. The van der Waals surface area contributed by atoms with Crippen molar-refractivity contribution >= 4 is 50.7 Å². The Kier molecular flexibility index (Phi) is 11.6. The van der Waals surface area contributed by atoms with Crippen molar-refractivity contribution in [3.8, 4) is 11.5 Å². The van der Waals surface area contributed by atoms with Gasteiger partial charge in [0.2, 0.25) is 11.8 Å². The molecule has 238 valence electrons. The summed E-state index contributed by atoms with van der Waals surface area (Å²) in [6.45, 7) is 8.61. The number of anilines is 1. The summed E-state index contributed by atoms with van der Waals surface area (Å²) in [6, 6.07) is 15.0. The third-order valence-corrected chi connectivity index (χ3v) is 9.27. The number of carbonyl (C=O) groups excluding carboxylic acids is 2. The second-order valence-corrected chi connectivity index (χ2v) is 14.0. The first-order valence-corrected chi connectivity index (χ1v) is 16.2. The van der Waals surface area contributed by atoms with Gasteiger partial charge in [0.1, 0.15) is 12.6 Å². The molecule has 9 nitrogen and oxygen atoms in total. The number of halogens is 2. The van der Waals surface area contributed by atoms with Crippen LogP contribution in [-0.4, -0.2) is 57.5 Å². The Morgan fingerprint density at radius 3 is 2.09 bits per heavy atom. The van der Waals surface area contributed by atoms with Crippen LogP contribution in [0, 0.1) is 6.92 Å². The maximum atomic E-state index is 14.3. The van der Waals surface area contributed by atoms with Crippen molar-refractivity contribution in [2.24, 2.45) is 0 Å². The molecule has 0 saturated heterocycles. The highest BCUT2D eigenvalue weighted by Crippen LogP contribution is 2.33. The van der Waals surface area contributed by atoms with Crippen molar-refractivity contribution in [3.63, 3.8) is 0 Å². The first kappa shape index (κ1) is 35.0. The van der Waals surface area contributed by atoms with Gasteiger partial charge in [0.15, 0.2) is 11.5 Å². The molecular weight excluding hydrogens is 625 g/mol. The number of ether oxygens (including phenoxy) is 2. The first-order chi connectivity index (χ1) is 20.6. The van der Waals surface area contributed by atoms with Crippen LogP contribution in [0.25, 0.3) is 0 Å².